The molecule has 6 rings (SSSR count). The quantitative estimate of drug-likeness (QED) is 0.290. The summed E-state index contributed by atoms with van der Waals surface area (Å²) in [5.41, 5.74) is 8.43. The molecule has 7 heteroatoms. The van der Waals surface area contributed by atoms with Gasteiger partial charge in [0.05, 0.1) is 23.5 Å². The first kappa shape index (κ1) is 23.1. The lowest BCUT2D eigenvalue weighted by Gasteiger charge is -2.31. The Balaban J connectivity index is 1.21. The van der Waals surface area contributed by atoms with Gasteiger partial charge in [-0.25, -0.2) is 10.4 Å². The molecule has 184 valence electrons. The number of carbonyl (C=O) groups excluding carboxylic acids is 1. The fourth-order valence-corrected chi connectivity index (χ4v) is 6.70. The van der Waals surface area contributed by atoms with Crippen LogP contribution in [0.4, 0.5) is 0 Å². The van der Waals surface area contributed by atoms with Crippen molar-refractivity contribution in [2.24, 2.45) is 11.0 Å². The third kappa shape index (κ3) is 4.73. The van der Waals surface area contributed by atoms with Crippen LogP contribution in [0.3, 0.4) is 0 Å². The number of nitrogens with one attached hydrogen (secondary N) is 1. The molecule has 1 fully saturated rings. The van der Waals surface area contributed by atoms with Crippen LogP contribution in [0.15, 0.2) is 65.8 Å². The molecule has 4 aromatic rings. The van der Waals surface area contributed by atoms with Crippen LogP contribution < -0.4 is 5.43 Å². The van der Waals surface area contributed by atoms with Crippen LogP contribution in [0, 0.1) is 5.92 Å². The minimum atomic E-state index is -0.0485. The van der Waals surface area contributed by atoms with Gasteiger partial charge in [-0.05, 0) is 50.6 Å². The van der Waals surface area contributed by atoms with E-state index in [4.69, 9.17) is 4.98 Å². The van der Waals surface area contributed by atoms with Gasteiger partial charge in [0.25, 0.3) is 0 Å². The number of hydrogen-bond acceptors (Lipinski definition) is 5. The number of imidazole rings is 1. The highest BCUT2D eigenvalue weighted by atomic mass is 32.1. The van der Waals surface area contributed by atoms with Crippen molar-refractivity contribution in [2.45, 2.75) is 45.1 Å². The number of carbonyl (C=O) groups is 1. The van der Waals surface area contributed by atoms with Gasteiger partial charge >= 0.3 is 0 Å². The SMILES string of the molecule is O=C(NN=Cc1c(-c2ccccc2)nc2sc3c(n12)CCCC3)C1CCCN(Cc2ccccc2)C1. The van der Waals surface area contributed by atoms with Crippen molar-refractivity contribution in [2.75, 3.05) is 13.1 Å². The molecule has 1 unspecified atom stereocenters. The van der Waals surface area contributed by atoms with Crippen LogP contribution in [0.5, 0.6) is 0 Å². The lowest BCUT2D eigenvalue weighted by molar-refractivity contribution is -0.126. The number of rotatable bonds is 6. The fourth-order valence-electron chi connectivity index (χ4n) is 5.49. The second kappa shape index (κ2) is 10.4. The zero-order chi connectivity index (χ0) is 24.3. The molecule has 1 atom stereocenters. The first-order valence-corrected chi connectivity index (χ1v) is 13.8. The van der Waals surface area contributed by atoms with Gasteiger partial charge in [0, 0.05) is 29.2 Å². The number of aryl methyl sites for hydroxylation is 2. The maximum Gasteiger partial charge on any atom is 0.244 e. The van der Waals surface area contributed by atoms with Gasteiger partial charge in [0.15, 0.2) is 4.96 Å². The number of hydrazone groups is 1. The van der Waals surface area contributed by atoms with Gasteiger partial charge in [-0.3, -0.25) is 14.1 Å². The number of thiazole rings is 1. The minimum Gasteiger partial charge on any atom is -0.298 e. The van der Waals surface area contributed by atoms with Crippen molar-refractivity contribution < 1.29 is 4.79 Å². The Labute approximate surface area is 215 Å². The van der Waals surface area contributed by atoms with Crippen LogP contribution in [-0.4, -0.2) is 39.5 Å². The smallest absolute Gasteiger partial charge is 0.244 e. The second-order valence-electron chi connectivity index (χ2n) is 9.80. The van der Waals surface area contributed by atoms with Gasteiger partial charge in [-0.2, -0.15) is 5.10 Å². The molecule has 3 heterocycles. The first-order chi connectivity index (χ1) is 17.8. The summed E-state index contributed by atoms with van der Waals surface area (Å²) in [6.45, 7) is 2.67. The van der Waals surface area contributed by atoms with Crippen molar-refractivity contribution in [1.29, 1.82) is 0 Å². The van der Waals surface area contributed by atoms with Gasteiger partial charge in [-0.15, -0.1) is 11.3 Å². The van der Waals surface area contributed by atoms with E-state index >= 15 is 0 Å². The lowest BCUT2D eigenvalue weighted by atomic mass is 9.97. The molecular weight excluding hydrogens is 466 g/mol. The molecule has 2 aromatic carbocycles. The van der Waals surface area contributed by atoms with E-state index in [-0.39, 0.29) is 11.8 Å². The van der Waals surface area contributed by atoms with Crippen LogP contribution >= 0.6 is 11.3 Å². The van der Waals surface area contributed by atoms with E-state index in [0.717, 1.165) is 67.2 Å². The molecule has 0 spiro atoms. The number of nitrogens with zero attached hydrogens (tertiary/aromatic N) is 4. The van der Waals surface area contributed by atoms with E-state index in [1.54, 1.807) is 17.6 Å². The van der Waals surface area contributed by atoms with Crippen molar-refractivity contribution >= 4 is 28.4 Å². The van der Waals surface area contributed by atoms with Gasteiger partial charge < -0.3 is 0 Å². The molecule has 1 aliphatic carbocycles. The van der Waals surface area contributed by atoms with Gasteiger partial charge in [0.2, 0.25) is 5.91 Å². The predicted molar refractivity (Wildman–Crippen MR) is 145 cm³/mol. The van der Waals surface area contributed by atoms with E-state index in [9.17, 15) is 4.79 Å². The van der Waals surface area contributed by atoms with E-state index in [2.05, 4.69) is 56.2 Å². The Morgan fingerprint density at radius 3 is 2.67 bits per heavy atom. The lowest BCUT2D eigenvalue weighted by Crippen LogP contribution is -2.41. The number of fused-ring (bicyclic) bond motifs is 3. The van der Waals surface area contributed by atoms with E-state index in [1.807, 2.05) is 24.3 Å². The standard InChI is InChI=1S/C29H31N5OS/c35-28(23-14-9-17-33(20-23)19-21-10-3-1-4-11-21)32-30-18-25-27(22-12-5-2-6-13-22)31-29-34(25)24-15-7-8-16-26(24)36-29/h1-6,10-13,18,23H,7-9,14-17,19-20H2,(H,32,35). The summed E-state index contributed by atoms with van der Waals surface area (Å²) in [7, 11) is 0. The Morgan fingerprint density at radius 1 is 1.06 bits per heavy atom. The molecule has 0 bridgehead atoms. The first-order valence-electron chi connectivity index (χ1n) is 12.9. The summed E-state index contributed by atoms with van der Waals surface area (Å²) in [5.74, 6) is -0.0500. The highest BCUT2D eigenvalue weighted by Gasteiger charge is 2.26. The number of piperidine rings is 1. The van der Waals surface area contributed by atoms with E-state index in [0.29, 0.717) is 0 Å². The summed E-state index contributed by atoms with van der Waals surface area (Å²) in [4.78, 5) is 22.9. The Kier molecular flexibility index (Phi) is 6.66. The Hall–Kier alpha value is -3.29. The van der Waals surface area contributed by atoms with E-state index in [1.165, 1.54) is 29.0 Å². The molecule has 36 heavy (non-hydrogen) atoms. The molecular formula is C29H31N5OS. The summed E-state index contributed by atoms with van der Waals surface area (Å²) in [6.07, 6.45) is 8.35. The number of aromatic nitrogens is 2. The molecule has 0 saturated carbocycles. The topological polar surface area (TPSA) is 62.0 Å². The van der Waals surface area contributed by atoms with Crippen LogP contribution in [0.25, 0.3) is 16.2 Å². The molecule has 1 saturated heterocycles. The van der Waals surface area contributed by atoms with E-state index < -0.39 is 0 Å². The molecule has 1 amide bonds. The van der Waals surface area contributed by atoms with Crippen molar-refractivity contribution in [3.05, 3.63) is 82.5 Å². The third-order valence-electron chi connectivity index (χ3n) is 7.29. The Bertz CT molecular complexity index is 1380. The van der Waals surface area contributed by atoms with Gasteiger partial charge in [0.1, 0.15) is 0 Å². The fraction of sp³-hybridized carbons (Fsp3) is 0.345. The van der Waals surface area contributed by atoms with Gasteiger partial charge in [-0.1, -0.05) is 60.7 Å². The normalized spacial score (nSPS) is 18.5. The van der Waals surface area contributed by atoms with Crippen LogP contribution in [0.1, 0.15) is 47.5 Å². The molecule has 1 N–H and O–H groups in total. The number of benzene rings is 2. The summed E-state index contributed by atoms with van der Waals surface area (Å²) in [5, 5.41) is 4.46. The molecule has 1 aliphatic heterocycles. The average Bonchev–Trinajstić information content (AvgIpc) is 3.46. The van der Waals surface area contributed by atoms with Crippen molar-refractivity contribution in [1.82, 2.24) is 19.7 Å². The number of hydrogen-bond donors (Lipinski definition) is 1. The average molecular weight is 498 g/mol. The molecule has 0 radical (unpaired) electrons. The maximum absolute atomic E-state index is 13.1. The molecule has 6 nitrogen and oxygen atoms in total. The molecule has 2 aromatic heterocycles. The third-order valence-corrected chi connectivity index (χ3v) is 8.43. The van der Waals surface area contributed by atoms with Crippen LogP contribution in [-0.2, 0) is 24.2 Å². The minimum absolute atomic E-state index is 0.00150. The highest BCUT2D eigenvalue weighted by Crippen LogP contribution is 2.34. The van der Waals surface area contributed by atoms with Crippen LogP contribution in [0.2, 0.25) is 0 Å². The predicted octanol–water partition coefficient (Wildman–Crippen LogP) is 5.30. The summed E-state index contributed by atoms with van der Waals surface area (Å²) in [6, 6.07) is 20.7. The summed E-state index contributed by atoms with van der Waals surface area (Å²) < 4.78 is 2.26. The highest BCUT2D eigenvalue weighted by molar-refractivity contribution is 7.17. The zero-order valence-electron chi connectivity index (χ0n) is 20.4. The maximum atomic E-state index is 13.1. The number of amides is 1. The second-order valence-corrected chi connectivity index (χ2v) is 10.9. The summed E-state index contributed by atoms with van der Waals surface area (Å²) >= 11 is 1.79. The molecule has 2 aliphatic rings. The Morgan fingerprint density at radius 2 is 1.83 bits per heavy atom. The van der Waals surface area contributed by atoms with Crippen molar-refractivity contribution in [3.8, 4) is 11.3 Å². The van der Waals surface area contributed by atoms with Crippen molar-refractivity contribution in [3.63, 3.8) is 0 Å². The zero-order valence-corrected chi connectivity index (χ0v) is 21.2. The number of likely N-dealkylation sites (tertiary alicyclic amines) is 1. The largest absolute Gasteiger partial charge is 0.298 e. The monoisotopic (exact) mass is 497 g/mol.